The SMILES string of the molecule is O=C(NN=Cc1c(OC(=O)c2ccccc2Cl)ccc2ccccc12)c1cccc(Br)c1. The number of hydrogen-bond donors (Lipinski definition) is 1. The Morgan fingerprint density at radius 3 is 2.53 bits per heavy atom. The Balaban J connectivity index is 1.64. The highest BCUT2D eigenvalue weighted by molar-refractivity contribution is 9.10. The van der Waals surface area contributed by atoms with Gasteiger partial charge in [0.25, 0.3) is 5.91 Å². The number of esters is 1. The summed E-state index contributed by atoms with van der Waals surface area (Å²) in [5.41, 5.74) is 3.78. The van der Waals surface area contributed by atoms with Gasteiger partial charge >= 0.3 is 5.97 Å². The van der Waals surface area contributed by atoms with Crippen LogP contribution in [0.4, 0.5) is 0 Å². The predicted octanol–water partition coefficient (Wildman–Crippen LogP) is 6.24. The highest BCUT2D eigenvalue weighted by Gasteiger charge is 2.16. The van der Waals surface area contributed by atoms with Crippen molar-refractivity contribution in [2.24, 2.45) is 5.10 Å². The minimum absolute atomic E-state index is 0.258. The molecule has 7 heteroatoms. The number of hydrazone groups is 1. The number of nitrogens with zero attached hydrogens (tertiary/aromatic N) is 1. The lowest BCUT2D eigenvalue weighted by atomic mass is 10.0. The van der Waals surface area contributed by atoms with Crippen LogP contribution in [0.1, 0.15) is 26.3 Å². The highest BCUT2D eigenvalue weighted by atomic mass is 79.9. The van der Waals surface area contributed by atoms with E-state index in [0.29, 0.717) is 21.9 Å². The van der Waals surface area contributed by atoms with Crippen LogP contribution in [0.15, 0.2) is 94.5 Å². The fraction of sp³-hybridized carbons (Fsp3) is 0. The number of benzene rings is 4. The molecule has 0 aliphatic heterocycles. The second-order valence-electron chi connectivity index (χ2n) is 6.78. The van der Waals surface area contributed by atoms with Crippen LogP contribution < -0.4 is 10.2 Å². The molecule has 0 fully saturated rings. The zero-order valence-corrected chi connectivity index (χ0v) is 18.9. The molecule has 0 saturated carbocycles. The summed E-state index contributed by atoms with van der Waals surface area (Å²) in [6.07, 6.45) is 1.47. The molecule has 158 valence electrons. The molecule has 0 spiro atoms. The van der Waals surface area contributed by atoms with Crippen LogP contribution in [0.25, 0.3) is 10.8 Å². The van der Waals surface area contributed by atoms with Crippen molar-refractivity contribution in [3.05, 3.63) is 111 Å². The van der Waals surface area contributed by atoms with Gasteiger partial charge in [-0.3, -0.25) is 4.79 Å². The number of carbonyl (C=O) groups is 2. The van der Waals surface area contributed by atoms with Crippen LogP contribution in [-0.4, -0.2) is 18.1 Å². The van der Waals surface area contributed by atoms with E-state index in [2.05, 4.69) is 26.5 Å². The Morgan fingerprint density at radius 2 is 1.72 bits per heavy atom. The first-order valence-corrected chi connectivity index (χ1v) is 10.8. The second kappa shape index (κ2) is 9.77. The molecule has 0 aliphatic carbocycles. The average Bonchev–Trinajstić information content (AvgIpc) is 2.80. The topological polar surface area (TPSA) is 67.8 Å². The van der Waals surface area contributed by atoms with E-state index in [0.717, 1.165) is 15.2 Å². The van der Waals surface area contributed by atoms with Crippen LogP contribution in [0.5, 0.6) is 5.75 Å². The van der Waals surface area contributed by atoms with Gasteiger partial charge in [0.15, 0.2) is 0 Å². The third kappa shape index (κ3) is 4.88. The molecule has 1 amide bonds. The maximum Gasteiger partial charge on any atom is 0.345 e. The van der Waals surface area contributed by atoms with Crippen molar-refractivity contribution in [2.75, 3.05) is 0 Å². The molecular formula is C25H16BrClN2O3. The summed E-state index contributed by atoms with van der Waals surface area (Å²) in [5, 5.41) is 6.15. The smallest absolute Gasteiger partial charge is 0.345 e. The van der Waals surface area contributed by atoms with Crippen LogP contribution in [-0.2, 0) is 0 Å². The normalized spacial score (nSPS) is 10.9. The largest absolute Gasteiger partial charge is 0.422 e. The van der Waals surface area contributed by atoms with Gasteiger partial charge in [-0.2, -0.15) is 5.10 Å². The molecule has 0 bridgehead atoms. The Hall–Kier alpha value is -3.48. The molecule has 0 atom stereocenters. The standard InChI is InChI=1S/C25H16BrClN2O3/c26-18-8-5-7-17(14-18)24(30)29-28-15-21-19-9-2-1-6-16(19)12-13-23(21)32-25(31)20-10-3-4-11-22(20)27/h1-15H,(H,29,30). The summed E-state index contributed by atoms with van der Waals surface area (Å²) >= 11 is 9.47. The number of nitrogens with one attached hydrogen (secondary N) is 1. The monoisotopic (exact) mass is 506 g/mol. The Morgan fingerprint density at radius 1 is 0.938 bits per heavy atom. The van der Waals surface area contributed by atoms with Crippen molar-refractivity contribution in [1.82, 2.24) is 5.43 Å². The molecule has 0 aromatic heterocycles. The van der Waals surface area contributed by atoms with Crippen LogP contribution in [0.3, 0.4) is 0 Å². The van der Waals surface area contributed by atoms with Gasteiger partial charge in [0.2, 0.25) is 0 Å². The summed E-state index contributed by atoms with van der Waals surface area (Å²) < 4.78 is 6.43. The van der Waals surface area contributed by atoms with Gasteiger partial charge in [-0.15, -0.1) is 0 Å². The maximum absolute atomic E-state index is 12.7. The summed E-state index contributed by atoms with van der Waals surface area (Å²) in [6, 6.07) is 24.8. The fourth-order valence-corrected chi connectivity index (χ4v) is 3.74. The van der Waals surface area contributed by atoms with Gasteiger partial charge in [0.1, 0.15) is 5.75 Å². The maximum atomic E-state index is 12.7. The van der Waals surface area contributed by atoms with E-state index < -0.39 is 5.97 Å². The molecule has 5 nitrogen and oxygen atoms in total. The minimum Gasteiger partial charge on any atom is -0.422 e. The molecular weight excluding hydrogens is 492 g/mol. The van der Waals surface area contributed by atoms with Gasteiger partial charge in [-0.25, -0.2) is 10.2 Å². The highest BCUT2D eigenvalue weighted by Crippen LogP contribution is 2.28. The number of halogens is 2. The Bertz CT molecular complexity index is 1350. The van der Waals surface area contributed by atoms with Crippen molar-refractivity contribution in [2.45, 2.75) is 0 Å². The van der Waals surface area contributed by atoms with Crippen molar-refractivity contribution in [3.8, 4) is 5.75 Å². The van der Waals surface area contributed by atoms with Crippen molar-refractivity contribution >= 4 is 56.4 Å². The number of carbonyl (C=O) groups excluding carboxylic acids is 2. The van der Waals surface area contributed by atoms with E-state index in [9.17, 15) is 9.59 Å². The molecule has 4 rings (SSSR count). The van der Waals surface area contributed by atoms with Crippen LogP contribution in [0.2, 0.25) is 5.02 Å². The molecule has 4 aromatic carbocycles. The molecule has 4 aromatic rings. The molecule has 0 radical (unpaired) electrons. The van der Waals surface area contributed by atoms with E-state index in [4.69, 9.17) is 16.3 Å². The lowest BCUT2D eigenvalue weighted by Crippen LogP contribution is -2.17. The first-order chi connectivity index (χ1) is 15.5. The van der Waals surface area contributed by atoms with Crippen LogP contribution >= 0.6 is 27.5 Å². The summed E-state index contributed by atoms with van der Waals surface area (Å²) in [7, 11) is 0. The third-order valence-electron chi connectivity index (χ3n) is 4.67. The van der Waals surface area contributed by atoms with E-state index in [-0.39, 0.29) is 11.5 Å². The molecule has 0 saturated heterocycles. The van der Waals surface area contributed by atoms with Crippen molar-refractivity contribution in [1.29, 1.82) is 0 Å². The zero-order valence-electron chi connectivity index (χ0n) is 16.6. The van der Waals surface area contributed by atoms with Gasteiger partial charge in [0.05, 0.1) is 16.8 Å². The summed E-state index contributed by atoms with van der Waals surface area (Å²) in [6.45, 7) is 0. The summed E-state index contributed by atoms with van der Waals surface area (Å²) in [5.74, 6) is -0.648. The predicted molar refractivity (Wildman–Crippen MR) is 130 cm³/mol. The average molecular weight is 508 g/mol. The van der Waals surface area contributed by atoms with E-state index in [1.165, 1.54) is 6.21 Å². The zero-order chi connectivity index (χ0) is 22.5. The lowest BCUT2D eigenvalue weighted by Gasteiger charge is -2.11. The first kappa shape index (κ1) is 21.7. The molecule has 0 unspecified atom stereocenters. The molecule has 0 aliphatic rings. The third-order valence-corrected chi connectivity index (χ3v) is 5.50. The second-order valence-corrected chi connectivity index (χ2v) is 8.10. The van der Waals surface area contributed by atoms with Crippen molar-refractivity contribution in [3.63, 3.8) is 0 Å². The molecule has 0 heterocycles. The molecule has 32 heavy (non-hydrogen) atoms. The van der Waals surface area contributed by atoms with Gasteiger partial charge in [0, 0.05) is 15.6 Å². The summed E-state index contributed by atoms with van der Waals surface area (Å²) in [4.78, 5) is 25.1. The quantitative estimate of drug-likeness (QED) is 0.150. The fourth-order valence-electron chi connectivity index (χ4n) is 3.13. The minimum atomic E-state index is -0.585. The van der Waals surface area contributed by atoms with Gasteiger partial charge < -0.3 is 4.74 Å². The van der Waals surface area contributed by atoms with Gasteiger partial charge in [-0.05, 0) is 47.2 Å². The lowest BCUT2D eigenvalue weighted by molar-refractivity contribution is 0.0734. The van der Waals surface area contributed by atoms with Crippen molar-refractivity contribution < 1.29 is 14.3 Å². The molecule has 1 N–H and O–H groups in total. The van der Waals surface area contributed by atoms with E-state index in [1.807, 2.05) is 36.4 Å². The number of rotatable bonds is 5. The number of hydrogen-bond acceptors (Lipinski definition) is 4. The number of amides is 1. The van der Waals surface area contributed by atoms with Crippen LogP contribution in [0, 0.1) is 0 Å². The number of fused-ring (bicyclic) bond motifs is 1. The Labute approximate surface area is 197 Å². The van der Waals surface area contributed by atoms with E-state index >= 15 is 0 Å². The van der Waals surface area contributed by atoms with E-state index in [1.54, 1.807) is 48.5 Å². The number of ether oxygens (including phenoxy) is 1. The first-order valence-electron chi connectivity index (χ1n) is 9.60. The Kier molecular flexibility index (Phi) is 6.63. The van der Waals surface area contributed by atoms with Gasteiger partial charge in [-0.1, -0.05) is 76.1 Å².